The summed E-state index contributed by atoms with van der Waals surface area (Å²) in [6.45, 7) is 8.07. The van der Waals surface area contributed by atoms with Gasteiger partial charge in [-0.2, -0.15) is 0 Å². The Balaban J connectivity index is 4.08. The second-order valence-electron chi connectivity index (χ2n) is 5.25. The van der Waals surface area contributed by atoms with Gasteiger partial charge >= 0.3 is 5.97 Å². The molecule has 100 valence electrons. The molecule has 5 nitrogen and oxygen atoms in total. The van der Waals surface area contributed by atoms with Crippen LogP contribution in [0.2, 0.25) is 0 Å². The molecule has 0 spiro atoms. The molecule has 0 atom stereocenters. The minimum absolute atomic E-state index is 0.0946. The molecule has 0 bridgehead atoms. The van der Waals surface area contributed by atoms with E-state index in [9.17, 15) is 9.59 Å². The van der Waals surface area contributed by atoms with Crippen LogP contribution >= 0.6 is 0 Å². The van der Waals surface area contributed by atoms with E-state index in [2.05, 4.69) is 19.2 Å². The van der Waals surface area contributed by atoms with E-state index < -0.39 is 11.5 Å². The van der Waals surface area contributed by atoms with Crippen molar-refractivity contribution in [1.29, 1.82) is 0 Å². The Labute approximate surface area is 103 Å². The number of carboxylic acid groups (broad SMARTS) is 1. The first-order valence-electron chi connectivity index (χ1n) is 5.89. The summed E-state index contributed by atoms with van der Waals surface area (Å²) >= 11 is 0. The highest BCUT2D eigenvalue weighted by molar-refractivity contribution is 5.81. The number of rotatable bonds is 7. The Morgan fingerprint density at radius 1 is 1.35 bits per heavy atom. The van der Waals surface area contributed by atoms with Gasteiger partial charge in [0.15, 0.2) is 0 Å². The molecule has 1 amide bonds. The van der Waals surface area contributed by atoms with Gasteiger partial charge in [0.05, 0.1) is 6.54 Å². The van der Waals surface area contributed by atoms with Crippen LogP contribution in [0, 0.1) is 5.92 Å². The highest BCUT2D eigenvalue weighted by atomic mass is 16.4. The fourth-order valence-electron chi connectivity index (χ4n) is 1.13. The fraction of sp³-hybridized carbons (Fsp3) is 0.833. The summed E-state index contributed by atoms with van der Waals surface area (Å²) in [7, 11) is 1.64. The van der Waals surface area contributed by atoms with Gasteiger partial charge in [0, 0.05) is 6.54 Å². The normalized spacial score (nSPS) is 11.9. The Hall–Kier alpha value is -1.10. The number of amides is 1. The zero-order valence-electron chi connectivity index (χ0n) is 11.4. The number of nitrogens with zero attached hydrogens (tertiary/aromatic N) is 1. The van der Waals surface area contributed by atoms with Crippen molar-refractivity contribution in [2.75, 3.05) is 20.1 Å². The second kappa shape index (κ2) is 6.59. The van der Waals surface area contributed by atoms with Crippen LogP contribution in [0.25, 0.3) is 0 Å². The van der Waals surface area contributed by atoms with Gasteiger partial charge in [-0.3, -0.25) is 14.5 Å². The van der Waals surface area contributed by atoms with Crippen molar-refractivity contribution >= 4 is 11.9 Å². The van der Waals surface area contributed by atoms with Gasteiger partial charge in [0.2, 0.25) is 5.91 Å². The largest absolute Gasteiger partial charge is 0.480 e. The molecule has 0 saturated carbocycles. The van der Waals surface area contributed by atoms with Crippen LogP contribution in [0.15, 0.2) is 0 Å². The van der Waals surface area contributed by atoms with Crippen LogP contribution in [-0.4, -0.2) is 47.6 Å². The van der Waals surface area contributed by atoms with Crippen molar-refractivity contribution in [2.45, 2.75) is 39.7 Å². The molecule has 5 heteroatoms. The van der Waals surface area contributed by atoms with Crippen molar-refractivity contribution in [2.24, 2.45) is 5.92 Å². The van der Waals surface area contributed by atoms with Crippen molar-refractivity contribution in [3.05, 3.63) is 0 Å². The Bertz CT molecular complexity index is 275. The molecule has 0 fully saturated rings. The predicted octanol–water partition coefficient (Wildman–Crippen LogP) is 0.944. The smallest absolute Gasteiger partial charge is 0.323 e. The van der Waals surface area contributed by atoms with Gasteiger partial charge in [-0.05, 0) is 33.2 Å². The number of likely N-dealkylation sites (N-methyl/N-ethyl adjacent to an activating group) is 1. The standard InChI is InChI=1S/C12H24N2O3/c1-9(2)6-7-13-10(15)8-14(5)12(3,4)11(16)17/h9H,6-8H2,1-5H3,(H,13,15)(H,16,17). The van der Waals surface area contributed by atoms with Gasteiger partial charge in [-0.1, -0.05) is 13.8 Å². The molecule has 0 aromatic heterocycles. The third kappa shape index (κ3) is 5.68. The van der Waals surface area contributed by atoms with Gasteiger partial charge in [-0.15, -0.1) is 0 Å². The lowest BCUT2D eigenvalue weighted by Crippen LogP contribution is -2.51. The maximum absolute atomic E-state index is 11.6. The molecule has 0 heterocycles. The molecule has 0 unspecified atom stereocenters. The van der Waals surface area contributed by atoms with Crippen molar-refractivity contribution in [3.63, 3.8) is 0 Å². The average Bonchev–Trinajstić information content (AvgIpc) is 2.16. The number of nitrogens with one attached hydrogen (secondary N) is 1. The van der Waals surface area contributed by atoms with Gasteiger partial charge in [0.25, 0.3) is 0 Å². The Morgan fingerprint density at radius 2 is 1.88 bits per heavy atom. The molecular weight excluding hydrogens is 220 g/mol. The lowest BCUT2D eigenvalue weighted by Gasteiger charge is -2.30. The molecule has 0 aromatic rings. The minimum atomic E-state index is -1.03. The maximum Gasteiger partial charge on any atom is 0.323 e. The second-order valence-corrected chi connectivity index (χ2v) is 5.25. The number of carbonyl (C=O) groups is 2. The molecule has 17 heavy (non-hydrogen) atoms. The maximum atomic E-state index is 11.6. The highest BCUT2D eigenvalue weighted by Crippen LogP contribution is 2.11. The first kappa shape index (κ1) is 15.9. The van der Waals surface area contributed by atoms with Crippen molar-refractivity contribution in [3.8, 4) is 0 Å². The van der Waals surface area contributed by atoms with Crippen LogP contribution in [0.3, 0.4) is 0 Å². The van der Waals surface area contributed by atoms with E-state index in [1.165, 1.54) is 4.90 Å². The van der Waals surface area contributed by atoms with E-state index in [1.54, 1.807) is 20.9 Å². The summed E-state index contributed by atoms with van der Waals surface area (Å²) in [6.07, 6.45) is 0.928. The summed E-state index contributed by atoms with van der Waals surface area (Å²) in [6, 6.07) is 0. The fourth-order valence-corrected chi connectivity index (χ4v) is 1.13. The molecule has 0 aliphatic heterocycles. The molecule has 2 N–H and O–H groups in total. The topological polar surface area (TPSA) is 69.6 Å². The van der Waals surface area contributed by atoms with E-state index >= 15 is 0 Å². The number of carbonyl (C=O) groups excluding carboxylic acids is 1. The summed E-state index contributed by atoms with van der Waals surface area (Å²) < 4.78 is 0. The van der Waals surface area contributed by atoms with E-state index in [4.69, 9.17) is 5.11 Å². The number of aliphatic carboxylic acids is 1. The van der Waals surface area contributed by atoms with E-state index in [0.29, 0.717) is 12.5 Å². The SMILES string of the molecule is CC(C)CCNC(=O)CN(C)C(C)(C)C(=O)O. The van der Waals surface area contributed by atoms with E-state index in [0.717, 1.165) is 6.42 Å². The molecule has 0 saturated heterocycles. The van der Waals surface area contributed by atoms with E-state index in [-0.39, 0.29) is 12.5 Å². The summed E-state index contributed by atoms with van der Waals surface area (Å²) in [5.74, 6) is -0.527. The van der Waals surface area contributed by atoms with Crippen LogP contribution in [-0.2, 0) is 9.59 Å². The molecule has 0 aliphatic rings. The lowest BCUT2D eigenvalue weighted by molar-refractivity contribution is -0.149. The summed E-state index contributed by atoms with van der Waals surface area (Å²) in [5.41, 5.74) is -1.03. The lowest BCUT2D eigenvalue weighted by atomic mass is 10.0. The minimum Gasteiger partial charge on any atom is -0.480 e. The third-order valence-electron chi connectivity index (χ3n) is 2.90. The number of hydrogen-bond donors (Lipinski definition) is 2. The van der Waals surface area contributed by atoms with Gasteiger partial charge in [-0.25, -0.2) is 0 Å². The average molecular weight is 244 g/mol. The van der Waals surface area contributed by atoms with Crippen LogP contribution in [0.5, 0.6) is 0 Å². The zero-order valence-corrected chi connectivity index (χ0v) is 11.4. The predicted molar refractivity (Wildman–Crippen MR) is 66.8 cm³/mol. The number of carboxylic acids is 1. The highest BCUT2D eigenvalue weighted by Gasteiger charge is 2.32. The molecule has 0 radical (unpaired) electrons. The van der Waals surface area contributed by atoms with Gasteiger partial charge in [0.1, 0.15) is 5.54 Å². The monoisotopic (exact) mass is 244 g/mol. The van der Waals surface area contributed by atoms with E-state index in [1.807, 2.05) is 0 Å². The third-order valence-corrected chi connectivity index (χ3v) is 2.90. The summed E-state index contributed by atoms with van der Waals surface area (Å²) in [4.78, 5) is 24.1. The number of hydrogen-bond acceptors (Lipinski definition) is 3. The van der Waals surface area contributed by atoms with Crippen LogP contribution in [0.4, 0.5) is 0 Å². The first-order valence-corrected chi connectivity index (χ1v) is 5.89. The van der Waals surface area contributed by atoms with Crippen molar-refractivity contribution < 1.29 is 14.7 Å². The van der Waals surface area contributed by atoms with Crippen LogP contribution < -0.4 is 5.32 Å². The summed E-state index contributed by atoms with van der Waals surface area (Å²) in [5, 5.41) is 11.8. The molecular formula is C12H24N2O3. The zero-order chi connectivity index (χ0) is 13.6. The first-order chi connectivity index (χ1) is 7.67. The molecule has 0 aliphatic carbocycles. The van der Waals surface area contributed by atoms with Crippen LogP contribution in [0.1, 0.15) is 34.1 Å². The Kier molecular flexibility index (Phi) is 6.16. The molecule has 0 rings (SSSR count). The van der Waals surface area contributed by atoms with Gasteiger partial charge < -0.3 is 10.4 Å². The molecule has 0 aromatic carbocycles. The van der Waals surface area contributed by atoms with Crippen molar-refractivity contribution in [1.82, 2.24) is 10.2 Å². The quantitative estimate of drug-likeness (QED) is 0.699. The Morgan fingerprint density at radius 3 is 2.29 bits per heavy atom.